The van der Waals surface area contributed by atoms with E-state index < -0.39 is 11.7 Å². The van der Waals surface area contributed by atoms with Crippen molar-refractivity contribution in [3.8, 4) is 11.8 Å². The second kappa shape index (κ2) is 11.8. The molecular weight excluding hydrogens is 518 g/mol. The molecule has 0 unspecified atom stereocenters. The molecular formula is C22H25F3IN5. The number of aromatic nitrogens is 1. The molecule has 2 heterocycles. The number of piperidine rings is 1. The lowest BCUT2D eigenvalue weighted by molar-refractivity contribution is -0.137. The van der Waals surface area contributed by atoms with E-state index in [-0.39, 0.29) is 36.6 Å². The van der Waals surface area contributed by atoms with Crippen molar-refractivity contribution in [3.05, 3.63) is 59.8 Å². The summed E-state index contributed by atoms with van der Waals surface area (Å²) in [4.78, 5) is 10.9. The summed E-state index contributed by atoms with van der Waals surface area (Å²) >= 11 is 0. The topological polar surface area (TPSA) is 52.6 Å². The highest BCUT2D eigenvalue weighted by Gasteiger charge is 2.30. The average molecular weight is 543 g/mol. The van der Waals surface area contributed by atoms with Gasteiger partial charge in [-0.05, 0) is 43.2 Å². The van der Waals surface area contributed by atoms with Gasteiger partial charge in [0.05, 0.1) is 12.1 Å². The molecule has 1 aromatic heterocycles. The minimum Gasteiger partial charge on any atom is -0.356 e. The molecule has 9 heteroatoms. The highest BCUT2D eigenvalue weighted by atomic mass is 127. The van der Waals surface area contributed by atoms with Gasteiger partial charge in [0.1, 0.15) is 5.82 Å². The molecule has 1 aliphatic rings. The van der Waals surface area contributed by atoms with Gasteiger partial charge >= 0.3 is 6.18 Å². The second-order valence-electron chi connectivity index (χ2n) is 6.90. The van der Waals surface area contributed by atoms with Crippen molar-refractivity contribution in [2.75, 3.05) is 31.6 Å². The Kier molecular flexibility index (Phi) is 9.43. The van der Waals surface area contributed by atoms with Crippen molar-refractivity contribution in [3.63, 3.8) is 0 Å². The molecule has 31 heavy (non-hydrogen) atoms. The van der Waals surface area contributed by atoms with Gasteiger partial charge in [-0.3, -0.25) is 4.99 Å². The fraction of sp³-hybridized carbons (Fsp3) is 0.364. The Bertz CT molecular complexity index is 914. The Morgan fingerprint density at radius 2 is 1.97 bits per heavy atom. The van der Waals surface area contributed by atoms with Crippen LogP contribution in [-0.4, -0.2) is 43.7 Å². The number of hydrogen-bond acceptors (Lipinski definition) is 3. The zero-order chi connectivity index (χ0) is 21.4. The Morgan fingerprint density at radius 3 is 2.61 bits per heavy atom. The van der Waals surface area contributed by atoms with Crippen LogP contribution in [0.4, 0.5) is 19.0 Å². The molecule has 3 rings (SSSR count). The number of pyridine rings is 1. The van der Waals surface area contributed by atoms with Gasteiger partial charge in [0, 0.05) is 37.9 Å². The van der Waals surface area contributed by atoms with Crippen molar-refractivity contribution in [2.45, 2.75) is 25.1 Å². The van der Waals surface area contributed by atoms with Crippen LogP contribution in [0.25, 0.3) is 0 Å². The molecule has 0 saturated carbocycles. The van der Waals surface area contributed by atoms with E-state index >= 15 is 0 Å². The molecule has 2 N–H and O–H groups in total. The minimum absolute atomic E-state index is 0. The predicted molar refractivity (Wildman–Crippen MR) is 128 cm³/mol. The number of guanidine groups is 1. The second-order valence-corrected chi connectivity index (χ2v) is 6.90. The summed E-state index contributed by atoms with van der Waals surface area (Å²) in [5.74, 6) is 7.22. The first kappa shape index (κ1) is 24.8. The third kappa shape index (κ3) is 7.61. The number of nitrogens with zero attached hydrogens (tertiary/aromatic N) is 3. The fourth-order valence-corrected chi connectivity index (χ4v) is 3.23. The Labute approximate surface area is 197 Å². The van der Waals surface area contributed by atoms with Crippen molar-refractivity contribution >= 4 is 35.8 Å². The van der Waals surface area contributed by atoms with Gasteiger partial charge in [0.25, 0.3) is 0 Å². The lowest BCUT2D eigenvalue weighted by atomic mass is 10.1. The summed E-state index contributed by atoms with van der Waals surface area (Å²) in [6, 6.07) is 11.2. The van der Waals surface area contributed by atoms with E-state index in [4.69, 9.17) is 0 Å². The van der Waals surface area contributed by atoms with Crippen LogP contribution in [-0.2, 0) is 6.18 Å². The number of nitrogens with one attached hydrogen (secondary N) is 2. The highest BCUT2D eigenvalue weighted by molar-refractivity contribution is 14.0. The number of rotatable bonds is 3. The highest BCUT2D eigenvalue weighted by Crippen LogP contribution is 2.29. The number of alkyl halides is 3. The number of anilines is 1. The standard InChI is InChI=1S/C22H24F3N5.HI/c1-26-21(28-13-5-7-17-6-4-8-18(16-17)22(23,24)25)29-19-10-14-30(15-11-19)20-9-2-3-12-27-20;/h2-4,6,8-9,12,16,19H,10-11,13-15H2,1H3,(H2,26,28,29);1H. The Hall–Kier alpha value is -2.48. The number of halogens is 4. The van der Waals surface area contributed by atoms with Crippen molar-refractivity contribution in [1.82, 2.24) is 15.6 Å². The van der Waals surface area contributed by atoms with Gasteiger partial charge in [-0.2, -0.15) is 13.2 Å². The number of hydrogen-bond donors (Lipinski definition) is 2. The molecule has 0 radical (unpaired) electrons. The molecule has 5 nitrogen and oxygen atoms in total. The molecule has 0 spiro atoms. The van der Waals surface area contributed by atoms with E-state index in [1.807, 2.05) is 18.2 Å². The number of aliphatic imine (C=N–C) groups is 1. The van der Waals surface area contributed by atoms with E-state index in [9.17, 15) is 13.2 Å². The SMILES string of the molecule is CN=C(NCC#Cc1cccc(C(F)(F)F)c1)NC1CCN(c2ccccn2)CC1.I. The number of benzene rings is 1. The lowest BCUT2D eigenvalue weighted by Gasteiger charge is -2.33. The van der Waals surface area contributed by atoms with E-state index in [0.29, 0.717) is 11.5 Å². The van der Waals surface area contributed by atoms with Crippen LogP contribution in [0.15, 0.2) is 53.7 Å². The first-order valence-corrected chi connectivity index (χ1v) is 9.75. The zero-order valence-corrected chi connectivity index (χ0v) is 19.4. The normalized spacial score (nSPS) is 14.8. The smallest absolute Gasteiger partial charge is 0.356 e. The molecule has 166 valence electrons. The van der Waals surface area contributed by atoms with Crippen LogP contribution in [0.5, 0.6) is 0 Å². The van der Waals surface area contributed by atoms with Crippen molar-refractivity contribution in [1.29, 1.82) is 0 Å². The summed E-state index contributed by atoms with van der Waals surface area (Å²) < 4.78 is 38.3. The lowest BCUT2D eigenvalue weighted by Crippen LogP contribution is -2.48. The molecule has 1 aliphatic heterocycles. The molecule has 0 bridgehead atoms. The largest absolute Gasteiger partial charge is 0.416 e. The van der Waals surface area contributed by atoms with Crippen LogP contribution in [0.3, 0.4) is 0 Å². The van der Waals surface area contributed by atoms with Gasteiger partial charge in [-0.15, -0.1) is 24.0 Å². The molecule has 1 saturated heterocycles. The maximum absolute atomic E-state index is 12.8. The summed E-state index contributed by atoms with van der Waals surface area (Å²) in [5, 5.41) is 6.47. The van der Waals surface area contributed by atoms with Gasteiger partial charge in [0.15, 0.2) is 5.96 Å². The third-order valence-corrected chi connectivity index (χ3v) is 4.80. The maximum Gasteiger partial charge on any atom is 0.416 e. The van der Waals surface area contributed by atoms with Crippen LogP contribution in [0.1, 0.15) is 24.0 Å². The van der Waals surface area contributed by atoms with Crippen LogP contribution >= 0.6 is 24.0 Å². The monoisotopic (exact) mass is 543 g/mol. The minimum atomic E-state index is -4.37. The molecule has 0 atom stereocenters. The van der Waals surface area contributed by atoms with Gasteiger partial charge < -0.3 is 15.5 Å². The van der Waals surface area contributed by atoms with E-state index in [1.54, 1.807) is 19.3 Å². The maximum atomic E-state index is 12.8. The molecule has 1 aromatic carbocycles. The third-order valence-electron chi connectivity index (χ3n) is 4.80. The summed E-state index contributed by atoms with van der Waals surface area (Å²) in [6.45, 7) is 2.09. The van der Waals surface area contributed by atoms with Gasteiger partial charge in [-0.1, -0.05) is 24.0 Å². The predicted octanol–water partition coefficient (Wildman–Crippen LogP) is 3.90. The molecule has 2 aromatic rings. The van der Waals surface area contributed by atoms with E-state index in [1.165, 1.54) is 6.07 Å². The first-order valence-electron chi connectivity index (χ1n) is 9.75. The Balaban J connectivity index is 0.00000341. The fourth-order valence-electron chi connectivity index (χ4n) is 3.23. The quantitative estimate of drug-likeness (QED) is 0.267. The average Bonchev–Trinajstić information content (AvgIpc) is 2.76. The summed E-state index contributed by atoms with van der Waals surface area (Å²) in [5.41, 5.74) is -0.367. The molecule has 1 fully saturated rings. The first-order chi connectivity index (χ1) is 14.5. The summed E-state index contributed by atoms with van der Waals surface area (Å²) in [6.07, 6.45) is -0.666. The van der Waals surface area contributed by atoms with Crippen LogP contribution in [0, 0.1) is 11.8 Å². The van der Waals surface area contributed by atoms with E-state index in [2.05, 4.69) is 37.4 Å². The Morgan fingerprint density at radius 1 is 1.19 bits per heavy atom. The molecule has 0 aliphatic carbocycles. The van der Waals surface area contributed by atoms with Gasteiger partial charge in [-0.25, -0.2) is 4.98 Å². The van der Waals surface area contributed by atoms with Crippen LogP contribution < -0.4 is 15.5 Å². The van der Waals surface area contributed by atoms with E-state index in [0.717, 1.165) is 43.9 Å². The summed E-state index contributed by atoms with van der Waals surface area (Å²) in [7, 11) is 1.68. The van der Waals surface area contributed by atoms with Gasteiger partial charge in [0.2, 0.25) is 0 Å². The van der Waals surface area contributed by atoms with Crippen LogP contribution in [0.2, 0.25) is 0 Å². The van der Waals surface area contributed by atoms with Crippen molar-refractivity contribution < 1.29 is 13.2 Å². The molecule has 0 amide bonds. The zero-order valence-electron chi connectivity index (χ0n) is 17.1. The van der Waals surface area contributed by atoms with Crippen molar-refractivity contribution in [2.24, 2.45) is 4.99 Å².